The molecule has 4 rings (SSSR count). The fourth-order valence-corrected chi connectivity index (χ4v) is 5.64. The minimum absolute atomic E-state index is 0.0526. The van der Waals surface area contributed by atoms with Crippen molar-refractivity contribution in [2.45, 2.75) is 32.6 Å². The third-order valence-electron chi connectivity index (χ3n) is 5.96. The molecule has 0 amide bonds. The average Bonchev–Trinajstić information content (AvgIpc) is 3.23. The summed E-state index contributed by atoms with van der Waals surface area (Å²) in [5, 5.41) is 8.42. The third-order valence-corrected chi connectivity index (χ3v) is 7.76. The second kappa shape index (κ2) is 10.6. The highest BCUT2D eigenvalue weighted by molar-refractivity contribution is 7.89. The minimum Gasteiger partial charge on any atom is -0.468 e. The van der Waals surface area contributed by atoms with Gasteiger partial charge in [0.15, 0.2) is 0 Å². The van der Waals surface area contributed by atoms with E-state index >= 15 is 0 Å². The number of carbonyl (C=O) groups excluding carboxylic acids is 1. The Morgan fingerprint density at radius 2 is 1.71 bits per heavy atom. The van der Waals surface area contributed by atoms with Gasteiger partial charge in [-0.1, -0.05) is 47.2 Å². The molecule has 0 saturated carbocycles. The summed E-state index contributed by atoms with van der Waals surface area (Å²) in [6, 6.07) is 12.6. The lowest BCUT2D eigenvalue weighted by Crippen LogP contribution is -2.48. The van der Waals surface area contributed by atoms with Crippen LogP contribution in [-0.4, -0.2) is 70.6 Å². The molecule has 1 saturated heterocycles. The molecular weight excluding hydrogens is 473 g/mol. The van der Waals surface area contributed by atoms with E-state index in [9.17, 15) is 17.6 Å². The van der Waals surface area contributed by atoms with E-state index in [1.807, 2.05) is 42.3 Å². The number of sulfonamides is 1. The molecule has 35 heavy (non-hydrogen) atoms. The number of aromatic nitrogens is 3. The summed E-state index contributed by atoms with van der Waals surface area (Å²) >= 11 is 0. The van der Waals surface area contributed by atoms with Gasteiger partial charge in [-0.15, -0.1) is 5.10 Å². The lowest BCUT2D eigenvalue weighted by molar-refractivity contribution is -0.145. The zero-order chi connectivity index (χ0) is 25.0. The number of rotatable bonds is 7. The monoisotopic (exact) mass is 501 g/mol. The summed E-state index contributed by atoms with van der Waals surface area (Å²) in [5.74, 6) is -1.23. The highest BCUT2D eigenvalue weighted by atomic mass is 32.2. The van der Waals surface area contributed by atoms with Crippen LogP contribution in [0.5, 0.6) is 0 Å². The van der Waals surface area contributed by atoms with Gasteiger partial charge in [0, 0.05) is 26.2 Å². The van der Waals surface area contributed by atoms with Crippen LogP contribution in [0.2, 0.25) is 0 Å². The summed E-state index contributed by atoms with van der Waals surface area (Å²) < 4.78 is 47.4. The van der Waals surface area contributed by atoms with Crippen LogP contribution in [0, 0.1) is 12.7 Å². The largest absolute Gasteiger partial charge is 0.468 e. The Labute approximate surface area is 204 Å². The molecule has 186 valence electrons. The van der Waals surface area contributed by atoms with Crippen molar-refractivity contribution in [2.75, 3.05) is 26.0 Å². The fraction of sp³-hybridized carbons (Fsp3) is 0.375. The third kappa shape index (κ3) is 6.30. The van der Waals surface area contributed by atoms with Gasteiger partial charge in [-0.3, -0.25) is 9.69 Å². The molecule has 2 aromatic carbocycles. The molecule has 0 bridgehead atoms. The molecule has 0 aliphatic carbocycles. The Bertz CT molecular complexity index is 1260. The van der Waals surface area contributed by atoms with E-state index in [1.54, 1.807) is 4.68 Å². The van der Waals surface area contributed by atoms with Crippen LogP contribution in [0.25, 0.3) is 0 Å². The number of halogens is 1. The summed E-state index contributed by atoms with van der Waals surface area (Å²) in [6.07, 6.45) is 1.82. The maximum atomic E-state index is 13.3. The number of aryl methyl sites for hydroxylation is 1. The van der Waals surface area contributed by atoms with Crippen molar-refractivity contribution >= 4 is 16.0 Å². The molecule has 1 atom stereocenters. The van der Waals surface area contributed by atoms with Gasteiger partial charge >= 0.3 is 5.97 Å². The van der Waals surface area contributed by atoms with Gasteiger partial charge in [-0.25, -0.2) is 17.5 Å². The van der Waals surface area contributed by atoms with Gasteiger partial charge in [0.25, 0.3) is 0 Å². The number of esters is 1. The number of nitrogens with zero attached hydrogens (tertiary/aromatic N) is 5. The predicted molar refractivity (Wildman–Crippen MR) is 127 cm³/mol. The van der Waals surface area contributed by atoms with Gasteiger partial charge in [-0.2, -0.15) is 4.31 Å². The van der Waals surface area contributed by atoms with Gasteiger partial charge in [0.05, 0.1) is 31.3 Å². The Morgan fingerprint density at radius 3 is 2.40 bits per heavy atom. The number of carbonyl (C=O) groups is 1. The molecule has 0 spiro atoms. The first kappa shape index (κ1) is 25.0. The SMILES string of the molecule is COC(=O)C1CN(Cc2cn(Cc3ccc(C)cc3)nn2)CCS(=O)(=O)N1Cc1ccc(F)cc1. The van der Waals surface area contributed by atoms with Gasteiger partial charge < -0.3 is 4.74 Å². The van der Waals surface area contributed by atoms with E-state index in [2.05, 4.69) is 10.3 Å². The predicted octanol–water partition coefficient (Wildman–Crippen LogP) is 1.96. The van der Waals surface area contributed by atoms with Crippen LogP contribution in [0.1, 0.15) is 22.4 Å². The van der Waals surface area contributed by atoms with Crippen LogP contribution in [-0.2, 0) is 39.2 Å². The van der Waals surface area contributed by atoms with Gasteiger partial charge in [0.1, 0.15) is 11.9 Å². The zero-order valence-corrected chi connectivity index (χ0v) is 20.5. The first-order valence-electron chi connectivity index (χ1n) is 11.2. The van der Waals surface area contributed by atoms with Crippen LogP contribution >= 0.6 is 0 Å². The molecule has 1 aromatic heterocycles. The van der Waals surface area contributed by atoms with Crippen LogP contribution in [0.4, 0.5) is 4.39 Å². The second-order valence-electron chi connectivity index (χ2n) is 8.65. The molecular formula is C24H28FN5O4S. The van der Waals surface area contributed by atoms with E-state index in [4.69, 9.17) is 4.74 Å². The Kier molecular flexibility index (Phi) is 7.58. The number of ether oxygens (including phenoxy) is 1. The Hall–Kier alpha value is -3.15. The van der Waals surface area contributed by atoms with E-state index in [1.165, 1.54) is 36.9 Å². The molecule has 1 unspecified atom stereocenters. The summed E-state index contributed by atoms with van der Waals surface area (Å²) in [6.45, 7) is 3.24. The van der Waals surface area contributed by atoms with Crippen molar-refractivity contribution in [1.82, 2.24) is 24.2 Å². The number of hydrogen-bond acceptors (Lipinski definition) is 7. The van der Waals surface area contributed by atoms with E-state index in [-0.39, 0.29) is 25.4 Å². The summed E-state index contributed by atoms with van der Waals surface area (Å²) in [5.41, 5.74) is 3.52. The molecule has 9 nitrogen and oxygen atoms in total. The van der Waals surface area contributed by atoms with Crippen LogP contribution < -0.4 is 0 Å². The maximum absolute atomic E-state index is 13.3. The molecule has 1 fully saturated rings. The standard InChI is InChI=1S/C24H28FN5O4S/c1-18-3-5-19(6-4-18)13-29-16-22(26-27-29)15-28-11-12-35(32,33)30(23(17-28)24(31)34-2)14-20-7-9-21(25)10-8-20/h3-10,16,23H,11-15,17H2,1-2H3. The molecule has 1 aliphatic rings. The maximum Gasteiger partial charge on any atom is 0.325 e. The lowest BCUT2D eigenvalue weighted by atomic mass is 10.1. The Morgan fingerprint density at radius 1 is 1.06 bits per heavy atom. The van der Waals surface area contributed by atoms with Gasteiger partial charge in [-0.05, 0) is 30.2 Å². The summed E-state index contributed by atoms with van der Waals surface area (Å²) in [4.78, 5) is 14.5. The minimum atomic E-state index is -3.78. The fourth-order valence-electron chi connectivity index (χ4n) is 4.03. The van der Waals surface area contributed by atoms with Crippen LogP contribution in [0.3, 0.4) is 0 Å². The van der Waals surface area contributed by atoms with Crippen LogP contribution in [0.15, 0.2) is 54.7 Å². The molecule has 2 heterocycles. The van der Waals surface area contributed by atoms with Crippen molar-refractivity contribution in [3.8, 4) is 0 Å². The van der Waals surface area contributed by atoms with E-state index < -0.39 is 27.9 Å². The van der Waals surface area contributed by atoms with Gasteiger partial charge in [0.2, 0.25) is 10.0 Å². The van der Waals surface area contributed by atoms with E-state index in [0.29, 0.717) is 24.3 Å². The molecule has 0 N–H and O–H groups in total. The number of hydrogen-bond donors (Lipinski definition) is 0. The second-order valence-corrected chi connectivity index (χ2v) is 10.7. The van der Waals surface area contributed by atoms with Crippen molar-refractivity contribution in [3.63, 3.8) is 0 Å². The lowest BCUT2D eigenvalue weighted by Gasteiger charge is -2.28. The number of methoxy groups -OCH3 is 1. The topological polar surface area (TPSA) is 97.6 Å². The highest BCUT2D eigenvalue weighted by Gasteiger charge is 2.40. The molecule has 0 radical (unpaired) electrons. The average molecular weight is 502 g/mol. The van der Waals surface area contributed by atoms with Crippen molar-refractivity contribution in [2.24, 2.45) is 0 Å². The highest BCUT2D eigenvalue weighted by Crippen LogP contribution is 2.21. The van der Waals surface area contributed by atoms with E-state index in [0.717, 1.165) is 9.87 Å². The molecule has 1 aliphatic heterocycles. The van der Waals surface area contributed by atoms with Crippen molar-refractivity contribution in [1.29, 1.82) is 0 Å². The first-order valence-corrected chi connectivity index (χ1v) is 12.8. The smallest absolute Gasteiger partial charge is 0.325 e. The molecule has 11 heteroatoms. The summed E-state index contributed by atoms with van der Waals surface area (Å²) in [7, 11) is -2.55. The van der Waals surface area contributed by atoms with Crippen molar-refractivity contribution < 1.29 is 22.3 Å². The first-order chi connectivity index (χ1) is 16.7. The van der Waals surface area contributed by atoms with Crippen molar-refractivity contribution in [3.05, 3.63) is 82.9 Å². The number of benzene rings is 2. The normalized spacial score (nSPS) is 18.8. The zero-order valence-electron chi connectivity index (χ0n) is 19.7. The quantitative estimate of drug-likeness (QED) is 0.457. The molecule has 3 aromatic rings. The Balaban J connectivity index is 1.50.